The summed E-state index contributed by atoms with van der Waals surface area (Å²) in [5.74, 6) is -0.280. The third-order valence-corrected chi connectivity index (χ3v) is 7.78. The molecule has 0 bridgehead atoms. The molecule has 3 aliphatic rings. The van der Waals surface area contributed by atoms with Crippen LogP contribution in [0.1, 0.15) is 19.8 Å². The molecule has 42 heavy (non-hydrogen) atoms. The van der Waals surface area contributed by atoms with Crippen LogP contribution >= 0.6 is 0 Å². The Hall–Kier alpha value is -1.55. The highest BCUT2D eigenvalue weighted by Gasteiger charge is 2.51. The van der Waals surface area contributed by atoms with Crippen LogP contribution in [0.4, 0.5) is 0 Å². The normalized spacial score (nSPS) is 40.5. The van der Waals surface area contributed by atoms with Crippen LogP contribution in [0, 0.1) is 0 Å². The van der Waals surface area contributed by atoms with Crippen LogP contribution in [0.3, 0.4) is 0 Å². The van der Waals surface area contributed by atoms with E-state index in [1.165, 1.54) is 6.92 Å². The van der Waals surface area contributed by atoms with Gasteiger partial charge in [0.05, 0.1) is 37.4 Å². The van der Waals surface area contributed by atoms with Crippen molar-refractivity contribution in [3.63, 3.8) is 0 Å². The van der Waals surface area contributed by atoms with E-state index in [2.05, 4.69) is 16.0 Å². The third-order valence-electron chi connectivity index (χ3n) is 7.78. The number of likely N-dealkylation sites (N-methyl/N-ethyl adjacent to an activating group) is 1. The Kier molecular flexibility index (Phi) is 12.8. The molecule has 1 amide bonds. The van der Waals surface area contributed by atoms with Gasteiger partial charge in [0.25, 0.3) is 0 Å². The molecule has 3 rings (SSSR count). The fourth-order valence-electron chi connectivity index (χ4n) is 5.35. The molecule has 0 radical (unpaired) electrons. The maximum atomic E-state index is 12.5. The molecule has 0 spiro atoms. The van der Waals surface area contributed by atoms with Crippen molar-refractivity contribution in [2.45, 2.75) is 98.7 Å². The molecule has 1 saturated carbocycles. The summed E-state index contributed by atoms with van der Waals surface area (Å²) in [4.78, 5) is 12.5. The highest BCUT2D eigenvalue weighted by molar-refractivity contribution is 5.81. The molecule has 2 heterocycles. The molecule has 2 aliphatic heterocycles. The van der Waals surface area contributed by atoms with Gasteiger partial charge in [0.2, 0.25) is 12.2 Å². The molecular weight excluding hydrogens is 558 g/mol. The monoisotopic (exact) mass is 607 g/mol. The molecule has 17 nitrogen and oxygen atoms in total. The Bertz CT molecular complexity index is 902. The largest absolute Gasteiger partial charge is 0.467 e. The number of aliphatic hydroxyl groups is 5. The van der Waals surface area contributed by atoms with Gasteiger partial charge in [-0.1, -0.05) is 0 Å². The number of hydrogen-bond donors (Lipinski definition) is 12. The van der Waals surface area contributed by atoms with Crippen molar-refractivity contribution >= 4 is 5.91 Å². The van der Waals surface area contributed by atoms with Gasteiger partial charge in [0.15, 0.2) is 6.29 Å². The SMILES string of the molecule is CN[C@@H]1[C@@H](O)[C@@H](O[C@@H]2[C@@H](O)[C@H](O[C@H]3OC(CNCC(O)CN)=CC[C@H]3N)[C@@H](N)C[C@H]2NC(=O)[C@@H](O)CN)OC[C@]1(C)O. The number of rotatable bonds is 13. The fraction of sp³-hybridized carbons (Fsp3) is 0.880. The number of amides is 1. The highest BCUT2D eigenvalue weighted by atomic mass is 16.7. The number of aliphatic hydroxyl groups excluding tert-OH is 4. The lowest BCUT2D eigenvalue weighted by atomic mass is 9.83. The molecule has 1 aliphatic carbocycles. The molecule has 1 unspecified atom stereocenters. The van der Waals surface area contributed by atoms with Crippen LogP contribution in [0.25, 0.3) is 0 Å². The Labute approximate surface area is 244 Å². The van der Waals surface area contributed by atoms with Crippen molar-refractivity contribution in [2.24, 2.45) is 22.9 Å². The molecule has 17 heteroatoms. The summed E-state index contributed by atoms with van der Waals surface area (Å²) in [6.45, 7) is 1.61. The van der Waals surface area contributed by atoms with Crippen molar-refractivity contribution in [1.82, 2.24) is 16.0 Å². The van der Waals surface area contributed by atoms with E-state index in [1.807, 2.05) is 0 Å². The lowest BCUT2D eigenvalue weighted by Gasteiger charge is -2.48. The number of nitrogens with two attached hydrogens (primary N) is 4. The Balaban J connectivity index is 1.76. The topological polar surface area (TPSA) is 295 Å². The summed E-state index contributed by atoms with van der Waals surface area (Å²) in [6.07, 6.45) is -7.47. The third kappa shape index (κ3) is 8.54. The molecule has 13 atom stereocenters. The van der Waals surface area contributed by atoms with Crippen LogP contribution in [-0.2, 0) is 23.7 Å². The maximum Gasteiger partial charge on any atom is 0.250 e. The molecule has 16 N–H and O–H groups in total. The predicted molar refractivity (Wildman–Crippen MR) is 148 cm³/mol. The van der Waals surface area contributed by atoms with Crippen molar-refractivity contribution < 1.29 is 49.3 Å². The first-order chi connectivity index (χ1) is 19.8. The zero-order valence-electron chi connectivity index (χ0n) is 24.0. The van der Waals surface area contributed by atoms with Crippen molar-refractivity contribution in [3.8, 4) is 0 Å². The molecule has 0 aromatic rings. The second-order valence-corrected chi connectivity index (χ2v) is 11.3. The van der Waals surface area contributed by atoms with Gasteiger partial charge < -0.3 is 83.4 Å². The fourth-order valence-corrected chi connectivity index (χ4v) is 5.35. The van der Waals surface area contributed by atoms with Gasteiger partial charge in [0.1, 0.15) is 41.9 Å². The molecular formula is C25H49N7O10. The number of ether oxygens (including phenoxy) is 4. The first-order valence-corrected chi connectivity index (χ1v) is 14.1. The van der Waals surface area contributed by atoms with Crippen LogP contribution in [0.2, 0.25) is 0 Å². The van der Waals surface area contributed by atoms with Gasteiger partial charge in [-0.05, 0) is 32.9 Å². The van der Waals surface area contributed by atoms with Gasteiger partial charge in [0, 0.05) is 25.7 Å². The van der Waals surface area contributed by atoms with Gasteiger partial charge in [-0.25, -0.2) is 0 Å². The van der Waals surface area contributed by atoms with E-state index >= 15 is 0 Å². The summed E-state index contributed by atoms with van der Waals surface area (Å²) in [6, 6.07) is -3.21. The van der Waals surface area contributed by atoms with Crippen molar-refractivity contribution in [1.29, 1.82) is 0 Å². The molecule has 1 saturated heterocycles. The summed E-state index contributed by atoms with van der Waals surface area (Å²) in [5.41, 5.74) is 22.1. The van der Waals surface area contributed by atoms with Crippen LogP contribution < -0.4 is 38.9 Å². The first-order valence-electron chi connectivity index (χ1n) is 14.1. The standard InChI is InChI=1S/C25H49N7O10/c1-25(38)10-39-24(18(36)21(25)30-2)42-20-15(32-22(37)16(34)7-27)5-14(29)19(17(20)35)41-23-13(28)4-3-12(40-23)9-31-8-11(33)6-26/h3,11,13-21,23-24,30-31,33-36,38H,4-10,26-29H2,1-2H3,(H,32,37)/t11?,13-,14+,15-,16+,17+,18-,19-,20+,21-,23-,24-,25+/m1/s1. The van der Waals surface area contributed by atoms with E-state index in [1.54, 1.807) is 13.1 Å². The number of hydrogen-bond acceptors (Lipinski definition) is 16. The van der Waals surface area contributed by atoms with Crippen molar-refractivity contribution in [2.75, 3.05) is 39.8 Å². The van der Waals surface area contributed by atoms with E-state index in [-0.39, 0.29) is 39.2 Å². The molecule has 244 valence electrons. The van der Waals surface area contributed by atoms with Gasteiger partial charge in [-0.3, -0.25) is 4.79 Å². The van der Waals surface area contributed by atoms with Crippen molar-refractivity contribution in [3.05, 3.63) is 11.8 Å². The minimum Gasteiger partial charge on any atom is -0.467 e. The lowest BCUT2D eigenvalue weighted by molar-refractivity contribution is -0.304. The minimum absolute atomic E-state index is 0.0363. The summed E-state index contributed by atoms with van der Waals surface area (Å²) >= 11 is 0. The van der Waals surface area contributed by atoms with Crippen LogP contribution in [0.15, 0.2) is 11.8 Å². The summed E-state index contributed by atoms with van der Waals surface area (Å²) in [5, 5.41) is 61.1. The summed E-state index contributed by atoms with van der Waals surface area (Å²) in [7, 11) is 1.56. The average Bonchev–Trinajstić information content (AvgIpc) is 2.94. The lowest BCUT2D eigenvalue weighted by Crippen LogP contribution is -2.69. The Morgan fingerprint density at radius 1 is 1.12 bits per heavy atom. The maximum absolute atomic E-state index is 12.5. The number of carbonyl (C=O) groups is 1. The second-order valence-electron chi connectivity index (χ2n) is 11.3. The first kappa shape index (κ1) is 34.9. The average molecular weight is 608 g/mol. The quantitative estimate of drug-likeness (QED) is 0.0926. The van der Waals surface area contributed by atoms with E-state index in [0.717, 1.165) is 0 Å². The molecule has 2 fully saturated rings. The van der Waals surface area contributed by atoms with Gasteiger partial charge >= 0.3 is 0 Å². The van der Waals surface area contributed by atoms with Gasteiger partial charge in [-0.2, -0.15) is 0 Å². The van der Waals surface area contributed by atoms with E-state index in [9.17, 15) is 30.3 Å². The Morgan fingerprint density at radius 2 is 1.81 bits per heavy atom. The second kappa shape index (κ2) is 15.4. The minimum atomic E-state index is -1.51. The van der Waals surface area contributed by atoms with Crippen LogP contribution in [0.5, 0.6) is 0 Å². The molecule has 0 aromatic heterocycles. The predicted octanol–water partition coefficient (Wildman–Crippen LogP) is -6.42. The zero-order chi connectivity index (χ0) is 31.2. The number of nitrogens with one attached hydrogen (secondary N) is 3. The van der Waals surface area contributed by atoms with Crippen LogP contribution in [-0.4, -0.2) is 150 Å². The van der Waals surface area contributed by atoms with E-state index in [4.69, 9.17) is 41.9 Å². The summed E-state index contributed by atoms with van der Waals surface area (Å²) < 4.78 is 23.7. The smallest absolute Gasteiger partial charge is 0.250 e. The zero-order valence-corrected chi connectivity index (χ0v) is 24.0. The van der Waals surface area contributed by atoms with E-state index in [0.29, 0.717) is 12.2 Å². The van der Waals surface area contributed by atoms with E-state index < -0.39 is 84.9 Å². The van der Waals surface area contributed by atoms with Gasteiger partial charge in [-0.15, -0.1) is 0 Å². The number of carbonyl (C=O) groups excluding carboxylic acids is 1. The highest BCUT2D eigenvalue weighted by Crippen LogP contribution is 2.32. The Morgan fingerprint density at radius 3 is 2.45 bits per heavy atom. The molecule has 0 aromatic carbocycles.